The van der Waals surface area contributed by atoms with Gasteiger partial charge < -0.3 is 4.74 Å². The third kappa shape index (κ3) is 2.16. The third-order valence-electron chi connectivity index (χ3n) is 1.11. The third-order valence-corrected chi connectivity index (χ3v) is 1.11. The van der Waals surface area contributed by atoms with E-state index in [0.717, 1.165) is 0 Å². The molecule has 0 radical (unpaired) electrons. The van der Waals surface area contributed by atoms with Crippen molar-refractivity contribution in [2.45, 2.75) is 0 Å². The van der Waals surface area contributed by atoms with Crippen molar-refractivity contribution in [2.75, 3.05) is 6.61 Å². The molecule has 0 amide bonds. The standard InChI is InChI=1S/C8H8N2O2/c1-2-3-12-8-9-4-7(6-11)5-10-8/h2,4-6H,1,3H2. The van der Waals surface area contributed by atoms with E-state index in [1.54, 1.807) is 6.08 Å². The minimum absolute atomic E-state index is 0.250. The van der Waals surface area contributed by atoms with Gasteiger partial charge in [-0.05, 0) is 0 Å². The molecule has 0 spiro atoms. The molecule has 62 valence electrons. The molecule has 0 aliphatic heterocycles. The van der Waals surface area contributed by atoms with E-state index in [2.05, 4.69) is 16.5 Å². The first-order chi connectivity index (χ1) is 5.86. The van der Waals surface area contributed by atoms with Gasteiger partial charge in [-0.25, -0.2) is 9.97 Å². The Morgan fingerprint density at radius 1 is 1.50 bits per heavy atom. The fourth-order valence-corrected chi connectivity index (χ4v) is 0.595. The molecular weight excluding hydrogens is 156 g/mol. The van der Waals surface area contributed by atoms with Crippen LogP contribution in [-0.2, 0) is 0 Å². The van der Waals surface area contributed by atoms with Gasteiger partial charge in [-0.15, -0.1) is 0 Å². The van der Waals surface area contributed by atoms with Gasteiger partial charge in [-0.3, -0.25) is 4.79 Å². The highest BCUT2D eigenvalue weighted by Crippen LogP contribution is 1.99. The molecule has 0 saturated heterocycles. The summed E-state index contributed by atoms with van der Waals surface area (Å²) in [5, 5.41) is 0. The Labute approximate surface area is 69.9 Å². The van der Waals surface area contributed by atoms with Crippen molar-refractivity contribution in [3.63, 3.8) is 0 Å². The lowest BCUT2D eigenvalue weighted by molar-refractivity contribution is 0.112. The Kier molecular flexibility index (Phi) is 2.95. The van der Waals surface area contributed by atoms with E-state index in [9.17, 15) is 4.79 Å². The molecule has 0 fully saturated rings. The maximum absolute atomic E-state index is 10.2. The van der Waals surface area contributed by atoms with Gasteiger partial charge in [0.15, 0.2) is 6.29 Å². The molecule has 4 nitrogen and oxygen atoms in total. The number of hydrogen-bond donors (Lipinski definition) is 0. The molecule has 4 heteroatoms. The van der Waals surface area contributed by atoms with Crippen molar-refractivity contribution < 1.29 is 9.53 Å². The van der Waals surface area contributed by atoms with Crippen LogP contribution in [0.1, 0.15) is 10.4 Å². The molecule has 0 saturated carbocycles. The van der Waals surface area contributed by atoms with Crippen molar-refractivity contribution in [3.05, 3.63) is 30.6 Å². The molecule has 0 aliphatic rings. The second-order valence-electron chi connectivity index (χ2n) is 2.02. The van der Waals surface area contributed by atoms with Crippen LogP contribution < -0.4 is 4.74 Å². The summed E-state index contributed by atoms with van der Waals surface area (Å²) in [6.07, 6.45) is 5.07. The summed E-state index contributed by atoms with van der Waals surface area (Å²) in [5.41, 5.74) is 0.431. The number of carbonyl (C=O) groups is 1. The second kappa shape index (κ2) is 4.23. The monoisotopic (exact) mass is 164 g/mol. The highest BCUT2D eigenvalue weighted by molar-refractivity contribution is 5.73. The molecule has 0 bridgehead atoms. The van der Waals surface area contributed by atoms with Gasteiger partial charge in [0, 0.05) is 12.4 Å². The van der Waals surface area contributed by atoms with Gasteiger partial charge in [-0.2, -0.15) is 0 Å². The molecule has 1 heterocycles. The van der Waals surface area contributed by atoms with E-state index in [0.29, 0.717) is 18.5 Å². The second-order valence-corrected chi connectivity index (χ2v) is 2.02. The van der Waals surface area contributed by atoms with Crippen molar-refractivity contribution in [2.24, 2.45) is 0 Å². The zero-order valence-electron chi connectivity index (χ0n) is 6.43. The van der Waals surface area contributed by atoms with Gasteiger partial charge in [-0.1, -0.05) is 12.7 Å². The lowest BCUT2D eigenvalue weighted by atomic mass is 10.4. The summed E-state index contributed by atoms with van der Waals surface area (Å²) < 4.78 is 5.00. The number of aromatic nitrogens is 2. The van der Waals surface area contributed by atoms with Gasteiger partial charge in [0.2, 0.25) is 0 Å². The average molecular weight is 164 g/mol. The Morgan fingerprint density at radius 3 is 2.67 bits per heavy atom. The summed E-state index contributed by atoms with van der Waals surface area (Å²) in [6, 6.07) is 0.250. The Morgan fingerprint density at radius 2 is 2.17 bits per heavy atom. The van der Waals surface area contributed by atoms with Gasteiger partial charge in [0.25, 0.3) is 0 Å². The normalized spacial score (nSPS) is 9.00. The SMILES string of the molecule is C=CCOc1ncc(C=O)cn1. The van der Waals surface area contributed by atoms with E-state index in [1.165, 1.54) is 12.4 Å². The molecule has 0 aromatic carbocycles. The summed E-state index contributed by atoms with van der Waals surface area (Å²) in [6.45, 7) is 3.83. The van der Waals surface area contributed by atoms with E-state index >= 15 is 0 Å². The fraction of sp³-hybridized carbons (Fsp3) is 0.125. The molecule has 1 aromatic heterocycles. The van der Waals surface area contributed by atoms with Crippen LogP contribution in [0.5, 0.6) is 6.01 Å². The number of ether oxygens (including phenoxy) is 1. The number of aldehydes is 1. The molecule has 1 aromatic rings. The predicted molar refractivity (Wildman–Crippen MR) is 43.1 cm³/mol. The summed E-state index contributed by atoms with van der Waals surface area (Å²) in [7, 11) is 0. The first-order valence-corrected chi connectivity index (χ1v) is 3.37. The number of hydrogen-bond acceptors (Lipinski definition) is 4. The highest BCUT2D eigenvalue weighted by atomic mass is 16.5. The summed E-state index contributed by atoms with van der Waals surface area (Å²) >= 11 is 0. The zero-order chi connectivity index (χ0) is 8.81. The lowest BCUT2D eigenvalue weighted by Gasteiger charge is -1.98. The molecule has 0 unspecified atom stereocenters. The molecule has 0 aliphatic carbocycles. The summed E-state index contributed by atoms with van der Waals surface area (Å²) in [4.78, 5) is 17.7. The van der Waals surface area contributed by atoms with Crippen LogP contribution in [0.4, 0.5) is 0 Å². The van der Waals surface area contributed by atoms with Crippen LogP contribution in [0.2, 0.25) is 0 Å². The molecule has 1 rings (SSSR count). The largest absolute Gasteiger partial charge is 0.459 e. The number of rotatable bonds is 4. The van der Waals surface area contributed by atoms with Crippen molar-refractivity contribution in [1.82, 2.24) is 9.97 Å². The summed E-state index contributed by atoms with van der Waals surface area (Å²) in [5.74, 6) is 0. The molecular formula is C8H8N2O2. The topological polar surface area (TPSA) is 52.1 Å². The number of nitrogens with zero attached hydrogens (tertiary/aromatic N) is 2. The lowest BCUT2D eigenvalue weighted by Crippen LogP contribution is -1.98. The van der Waals surface area contributed by atoms with Crippen molar-refractivity contribution in [3.8, 4) is 6.01 Å². The maximum Gasteiger partial charge on any atom is 0.316 e. The average Bonchev–Trinajstić information content (AvgIpc) is 2.15. The first-order valence-electron chi connectivity index (χ1n) is 3.37. The van der Waals surface area contributed by atoms with Crippen molar-refractivity contribution >= 4 is 6.29 Å². The van der Waals surface area contributed by atoms with Gasteiger partial charge >= 0.3 is 6.01 Å². The van der Waals surface area contributed by atoms with Crippen LogP contribution in [0.25, 0.3) is 0 Å². The van der Waals surface area contributed by atoms with E-state index < -0.39 is 0 Å². The van der Waals surface area contributed by atoms with Crippen LogP contribution in [0.3, 0.4) is 0 Å². The minimum Gasteiger partial charge on any atom is -0.459 e. The number of carbonyl (C=O) groups excluding carboxylic acids is 1. The maximum atomic E-state index is 10.2. The molecule has 0 atom stereocenters. The zero-order valence-corrected chi connectivity index (χ0v) is 6.43. The predicted octanol–water partition coefficient (Wildman–Crippen LogP) is 0.854. The fourth-order valence-electron chi connectivity index (χ4n) is 0.595. The highest BCUT2D eigenvalue weighted by Gasteiger charge is 1.95. The Balaban J connectivity index is 2.64. The van der Waals surface area contributed by atoms with E-state index in [1.807, 2.05) is 0 Å². The molecule has 12 heavy (non-hydrogen) atoms. The van der Waals surface area contributed by atoms with Crippen LogP contribution in [0, 0.1) is 0 Å². The van der Waals surface area contributed by atoms with Crippen LogP contribution >= 0.6 is 0 Å². The van der Waals surface area contributed by atoms with Crippen LogP contribution in [-0.4, -0.2) is 22.9 Å². The van der Waals surface area contributed by atoms with Gasteiger partial charge in [0.05, 0.1) is 5.56 Å². The van der Waals surface area contributed by atoms with Crippen LogP contribution in [0.15, 0.2) is 25.0 Å². The van der Waals surface area contributed by atoms with E-state index in [-0.39, 0.29) is 6.01 Å². The minimum atomic E-state index is 0.250. The first kappa shape index (κ1) is 8.39. The van der Waals surface area contributed by atoms with E-state index in [4.69, 9.17) is 4.74 Å². The molecule has 0 N–H and O–H groups in total. The smallest absolute Gasteiger partial charge is 0.316 e. The quantitative estimate of drug-likeness (QED) is 0.489. The Hall–Kier alpha value is -1.71. The Bertz CT molecular complexity index is 269. The van der Waals surface area contributed by atoms with Gasteiger partial charge in [0.1, 0.15) is 6.61 Å². The van der Waals surface area contributed by atoms with Crippen molar-refractivity contribution in [1.29, 1.82) is 0 Å².